The summed E-state index contributed by atoms with van der Waals surface area (Å²) in [6.07, 6.45) is 2.10. The number of hydrogen-bond acceptors (Lipinski definition) is 5. The van der Waals surface area contributed by atoms with Crippen LogP contribution in [0.3, 0.4) is 0 Å². The Kier molecular flexibility index (Phi) is 4.76. The molecule has 1 aliphatic rings. The lowest BCUT2D eigenvalue weighted by Gasteiger charge is -2.45. The van der Waals surface area contributed by atoms with Gasteiger partial charge in [0.1, 0.15) is 11.9 Å². The third-order valence-corrected chi connectivity index (χ3v) is 4.57. The fourth-order valence-electron chi connectivity index (χ4n) is 3.87. The first-order valence-corrected chi connectivity index (χ1v) is 8.83. The maximum Gasteiger partial charge on any atom is 0.338 e. The van der Waals surface area contributed by atoms with Gasteiger partial charge in [0.2, 0.25) is 0 Å². The zero-order chi connectivity index (χ0) is 18.9. The van der Waals surface area contributed by atoms with Crippen molar-refractivity contribution in [3.8, 4) is 11.3 Å². The Labute approximate surface area is 153 Å². The van der Waals surface area contributed by atoms with Crippen molar-refractivity contribution in [3.63, 3.8) is 0 Å². The van der Waals surface area contributed by atoms with Crippen molar-refractivity contribution in [2.75, 3.05) is 0 Å². The maximum absolute atomic E-state index is 12.5. The molecule has 1 aromatic carbocycles. The van der Waals surface area contributed by atoms with Crippen molar-refractivity contribution in [2.24, 2.45) is 0 Å². The molecule has 0 aliphatic carbocycles. The standard InChI is InChI=1S/C21H25NO4/c1-20(2)11-17(12-21(3,4)22-20)26-19(24)15-7-5-14(6-8-15)18-10-9-16(13-23)25-18/h5-10,13,17,22H,11-12H2,1-4H3. The molecule has 0 atom stereocenters. The van der Waals surface area contributed by atoms with Gasteiger partial charge in [-0.3, -0.25) is 4.79 Å². The smallest absolute Gasteiger partial charge is 0.338 e. The summed E-state index contributed by atoms with van der Waals surface area (Å²) >= 11 is 0. The highest BCUT2D eigenvalue weighted by atomic mass is 16.5. The summed E-state index contributed by atoms with van der Waals surface area (Å²) in [5.41, 5.74) is 1.15. The summed E-state index contributed by atoms with van der Waals surface area (Å²) < 4.78 is 11.2. The molecule has 26 heavy (non-hydrogen) atoms. The summed E-state index contributed by atoms with van der Waals surface area (Å²) in [4.78, 5) is 23.2. The predicted molar refractivity (Wildman–Crippen MR) is 99.3 cm³/mol. The van der Waals surface area contributed by atoms with E-state index in [4.69, 9.17) is 9.15 Å². The van der Waals surface area contributed by atoms with E-state index in [-0.39, 0.29) is 28.9 Å². The first kappa shape index (κ1) is 18.4. The molecule has 138 valence electrons. The van der Waals surface area contributed by atoms with Crippen molar-refractivity contribution in [1.82, 2.24) is 5.32 Å². The predicted octanol–water partition coefficient (Wildman–Crippen LogP) is 4.23. The number of aldehydes is 1. The van der Waals surface area contributed by atoms with E-state index in [9.17, 15) is 9.59 Å². The molecular formula is C21H25NO4. The van der Waals surface area contributed by atoms with Crippen LogP contribution in [0.4, 0.5) is 0 Å². The minimum Gasteiger partial charge on any atom is -0.459 e. The minimum atomic E-state index is -0.317. The number of nitrogens with one attached hydrogen (secondary N) is 1. The molecule has 3 rings (SSSR count). The second-order valence-corrected chi connectivity index (χ2v) is 8.23. The monoisotopic (exact) mass is 355 g/mol. The lowest BCUT2D eigenvalue weighted by molar-refractivity contribution is -0.00638. The quantitative estimate of drug-likeness (QED) is 0.657. The molecule has 0 saturated carbocycles. The Morgan fingerprint density at radius 2 is 1.69 bits per heavy atom. The molecular weight excluding hydrogens is 330 g/mol. The molecule has 1 fully saturated rings. The summed E-state index contributed by atoms with van der Waals surface area (Å²) in [7, 11) is 0. The second-order valence-electron chi connectivity index (χ2n) is 8.23. The van der Waals surface area contributed by atoms with E-state index < -0.39 is 0 Å². The normalized spacial score (nSPS) is 19.1. The Hall–Kier alpha value is -2.40. The van der Waals surface area contributed by atoms with Crippen molar-refractivity contribution < 1.29 is 18.7 Å². The Morgan fingerprint density at radius 3 is 2.23 bits per heavy atom. The van der Waals surface area contributed by atoms with E-state index in [2.05, 4.69) is 33.0 Å². The van der Waals surface area contributed by atoms with Gasteiger partial charge in [0.25, 0.3) is 0 Å². The number of benzene rings is 1. The molecule has 0 spiro atoms. The lowest BCUT2D eigenvalue weighted by atomic mass is 9.81. The van der Waals surface area contributed by atoms with Crippen molar-refractivity contribution >= 4 is 12.3 Å². The molecule has 0 amide bonds. The zero-order valence-corrected chi connectivity index (χ0v) is 15.7. The molecule has 2 aromatic rings. The first-order chi connectivity index (χ1) is 12.2. The number of carbonyl (C=O) groups excluding carboxylic acids is 2. The average molecular weight is 355 g/mol. The van der Waals surface area contributed by atoms with E-state index in [0.717, 1.165) is 18.4 Å². The number of furan rings is 1. The largest absolute Gasteiger partial charge is 0.459 e. The minimum absolute atomic E-state index is 0.0773. The molecule has 5 heteroatoms. The molecule has 2 heterocycles. The van der Waals surface area contributed by atoms with Crippen LogP contribution in [0.2, 0.25) is 0 Å². The number of carbonyl (C=O) groups is 2. The third-order valence-electron chi connectivity index (χ3n) is 4.57. The van der Waals surface area contributed by atoms with Crippen LogP contribution in [0.15, 0.2) is 40.8 Å². The third kappa shape index (κ3) is 4.22. The van der Waals surface area contributed by atoms with Gasteiger partial charge in [0.15, 0.2) is 12.0 Å². The van der Waals surface area contributed by atoms with Gasteiger partial charge in [0, 0.05) is 29.5 Å². The molecule has 1 aromatic heterocycles. The van der Waals surface area contributed by atoms with E-state index in [1.807, 2.05) is 0 Å². The van der Waals surface area contributed by atoms with Gasteiger partial charge in [0.05, 0.1) is 5.56 Å². The summed E-state index contributed by atoms with van der Waals surface area (Å²) in [5, 5.41) is 3.58. The van der Waals surface area contributed by atoms with Gasteiger partial charge >= 0.3 is 5.97 Å². The number of piperidine rings is 1. The van der Waals surface area contributed by atoms with Gasteiger partial charge in [-0.25, -0.2) is 4.79 Å². The van der Waals surface area contributed by atoms with E-state index in [0.29, 0.717) is 17.6 Å². The number of esters is 1. The Morgan fingerprint density at radius 1 is 1.08 bits per heavy atom. The van der Waals surface area contributed by atoms with Crippen molar-refractivity contribution in [2.45, 2.75) is 57.7 Å². The number of rotatable bonds is 4. The zero-order valence-electron chi connectivity index (χ0n) is 15.7. The Balaban J connectivity index is 1.69. The highest BCUT2D eigenvalue weighted by molar-refractivity contribution is 5.90. The number of ether oxygens (including phenoxy) is 1. The molecule has 0 bridgehead atoms. The second kappa shape index (κ2) is 6.72. The maximum atomic E-state index is 12.5. The SMILES string of the molecule is CC1(C)CC(OC(=O)c2ccc(-c3ccc(C=O)o3)cc2)CC(C)(C)N1. The van der Waals surface area contributed by atoms with Crippen LogP contribution >= 0.6 is 0 Å². The van der Waals surface area contributed by atoms with Gasteiger partial charge in [-0.15, -0.1) is 0 Å². The molecule has 1 N–H and O–H groups in total. The van der Waals surface area contributed by atoms with Crippen LogP contribution in [-0.2, 0) is 4.74 Å². The summed E-state index contributed by atoms with van der Waals surface area (Å²) in [6, 6.07) is 10.4. The van der Waals surface area contributed by atoms with E-state index in [1.165, 1.54) is 0 Å². The summed E-state index contributed by atoms with van der Waals surface area (Å²) in [5.74, 6) is 0.552. The molecule has 5 nitrogen and oxygen atoms in total. The molecule has 0 radical (unpaired) electrons. The van der Waals surface area contributed by atoms with Crippen LogP contribution in [0.1, 0.15) is 61.4 Å². The van der Waals surface area contributed by atoms with Crippen molar-refractivity contribution in [3.05, 3.63) is 47.7 Å². The van der Waals surface area contributed by atoms with Crippen LogP contribution in [0, 0.1) is 0 Å². The Bertz CT molecular complexity index is 786. The van der Waals surface area contributed by atoms with E-state index in [1.54, 1.807) is 36.4 Å². The molecule has 1 aliphatic heterocycles. The molecule has 1 saturated heterocycles. The molecule has 0 unspecified atom stereocenters. The van der Waals surface area contributed by atoms with Crippen LogP contribution in [0.25, 0.3) is 11.3 Å². The van der Waals surface area contributed by atoms with Gasteiger partial charge in [-0.2, -0.15) is 0 Å². The first-order valence-electron chi connectivity index (χ1n) is 8.83. The van der Waals surface area contributed by atoms with Crippen LogP contribution < -0.4 is 5.32 Å². The topological polar surface area (TPSA) is 68.5 Å². The van der Waals surface area contributed by atoms with Gasteiger partial charge in [-0.05, 0) is 52.0 Å². The van der Waals surface area contributed by atoms with Gasteiger partial charge < -0.3 is 14.5 Å². The van der Waals surface area contributed by atoms with Gasteiger partial charge in [-0.1, -0.05) is 12.1 Å². The lowest BCUT2D eigenvalue weighted by Crippen LogP contribution is -2.59. The van der Waals surface area contributed by atoms with E-state index >= 15 is 0 Å². The van der Waals surface area contributed by atoms with Crippen LogP contribution in [0.5, 0.6) is 0 Å². The van der Waals surface area contributed by atoms with Crippen molar-refractivity contribution in [1.29, 1.82) is 0 Å². The fourth-order valence-corrected chi connectivity index (χ4v) is 3.87. The highest BCUT2D eigenvalue weighted by Crippen LogP contribution is 2.31. The number of hydrogen-bond donors (Lipinski definition) is 1. The summed E-state index contributed by atoms with van der Waals surface area (Å²) in [6.45, 7) is 8.50. The fraction of sp³-hybridized carbons (Fsp3) is 0.429. The average Bonchev–Trinajstić information content (AvgIpc) is 3.01. The van der Waals surface area contributed by atoms with Crippen LogP contribution in [-0.4, -0.2) is 29.4 Å². The highest BCUT2D eigenvalue weighted by Gasteiger charge is 2.39.